The van der Waals surface area contributed by atoms with Crippen molar-refractivity contribution in [2.75, 3.05) is 19.0 Å². The molecule has 19 heavy (non-hydrogen) atoms. The van der Waals surface area contributed by atoms with Crippen molar-refractivity contribution >= 4 is 23.2 Å². The summed E-state index contributed by atoms with van der Waals surface area (Å²) in [6.45, 7) is 0.904. The molecule has 0 bridgehead atoms. The fourth-order valence-electron chi connectivity index (χ4n) is 2.23. The number of hydrogen-bond acceptors (Lipinski definition) is 3. The smallest absolute Gasteiger partial charge is 0.241 e. The quantitative estimate of drug-likeness (QED) is 0.896. The van der Waals surface area contributed by atoms with E-state index in [1.165, 1.54) is 6.42 Å². The van der Waals surface area contributed by atoms with Gasteiger partial charge in [0, 0.05) is 5.69 Å². The average molecular weight is 283 g/mol. The summed E-state index contributed by atoms with van der Waals surface area (Å²) in [5, 5.41) is 6.65. The Morgan fingerprint density at radius 1 is 1.42 bits per heavy atom. The van der Waals surface area contributed by atoms with Crippen LogP contribution in [0.4, 0.5) is 5.69 Å². The van der Waals surface area contributed by atoms with Crippen LogP contribution in [-0.4, -0.2) is 25.6 Å². The van der Waals surface area contributed by atoms with E-state index in [1.807, 2.05) is 0 Å². The molecule has 1 atom stereocenters. The molecule has 2 rings (SSSR count). The fourth-order valence-corrected chi connectivity index (χ4v) is 2.48. The summed E-state index contributed by atoms with van der Waals surface area (Å²) in [7, 11) is 1.56. The Hall–Kier alpha value is -1.26. The highest BCUT2D eigenvalue weighted by Crippen LogP contribution is 2.27. The lowest BCUT2D eigenvalue weighted by Gasteiger charge is -2.16. The number of ether oxygens (including phenoxy) is 1. The van der Waals surface area contributed by atoms with Crippen molar-refractivity contribution in [3.05, 3.63) is 23.2 Å². The summed E-state index contributed by atoms with van der Waals surface area (Å²) < 4.78 is 5.08. The molecule has 1 unspecified atom stereocenters. The van der Waals surface area contributed by atoms with E-state index < -0.39 is 0 Å². The van der Waals surface area contributed by atoms with Crippen molar-refractivity contribution in [2.24, 2.45) is 0 Å². The third kappa shape index (κ3) is 3.85. The minimum absolute atomic E-state index is 0.00290. The van der Waals surface area contributed by atoms with Gasteiger partial charge in [-0.05, 0) is 37.6 Å². The van der Waals surface area contributed by atoms with Gasteiger partial charge in [0.2, 0.25) is 5.91 Å². The van der Waals surface area contributed by atoms with E-state index in [-0.39, 0.29) is 11.9 Å². The number of benzene rings is 1. The highest BCUT2D eigenvalue weighted by atomic mass is 35.5. The van der Waals surface area contributed by atoms with E-state index in [9.17, 15) is 4.79 Å². The number of halogens is 1. The molecule has 0 aromatic heterocycles. The van der Waals surface area contributed by atoms with Gasteiger partial charge in [0.1, 0.15) is 5.75 Å². The van der Waals surface area contributed by atoms with Gasteiger partial charge < -0.3 is 15.4 Å². The summed E-state index contributed by atoms with van der Waals surface area (Å²) in [5.41, 5.74) is 0.696. The Morgan fingerprint density at radius 2 is 2.26 bits per heavy atom. The van der Waals surface area contributed by atoms with Crippen LogP contribution in [0.5, 0.6) is 5.75 Å². The summed E-state index contributed by atoms with van der Waals surface area (Å²) in [4.78, 5) is 12.1. The second-order valence-corrected chi connectivity index (χ2v) is 5.10. The summed E-state index contributed by atoms with van der Waals surface area (Å²) in [6, 6.07) is 5.13. The third-order valence-corrected chi connectivity index (χ3v) is 3.59. The van der Waals surface area contributed by atoms with Gasteiger partial charge in [-0.2, -0.15) is 0 Å². The lowest BCUT2D eigenvalue weighted by molar-refractivity contribution is -0.118. The van der Waals surface area contributed by atoms with Crippen LogP contribution in [0, 0.1) is 0 Å². The number of carbonyl (C=O) groups is 1. The maximum absolute atomic E-state index is 12.1. The van der Waals surface area contributed by atoms with Crippen molar-refractivity contribution in [1.82, 2.24) is 5.32 Å². The number of methoxy groups -OCH3 is 1. The zero-order chi connectivity index (χ0) is 13.7. The molecule has 0 spiro atoms. The van der Waals surface area contributed by atoms with Crippen molar-refractivity contribution < 1.29 is 9.53 Å². The molecule has 1 aliphatic heterocycles. The normalized spacial score (nSPS) is 19.6. The van der Waals surface area contributed by atoms with Crippen molar-refractivity contribution in [1.29, 1.82) is 0 Å². The molecular formula is C14H19ClN2O2. The van der Waals surface area contributed by atoms with E-state index in [4.69, 9.17) is 16.3 Å². The highest BCUT2D eigenvalue weighted by molar-refractivity contribution is 6.32. The van der Waals surface area contributed by atoms with E-state index in [1.54, 1.807) is 25.3 Å². The summed E-state index contributed by atoms with van der Waals surface area (Å²) in [6.07, 6.45) is 4.30. The monoisotopic (exact) mass is 282 g/mol. The average Bonchev–Trinajstić information content (AvgIpc) is 2.68. The van der Waals surface area contributed by atoms with Gasteiger partial charge in [0.25, 0.3) is 0 Å². The molecule has 1 heterocycles. The lowest BCUT2D eigenvalue weighted by atomic mass is 10.1. The van der Waals surface area contributed by atoms with E-state index >= 15 is 0 Å². The zero-order valence-corrected chi connectivity index (χ0v) is 11.8. The molecule has 1 aromatic carbocycles. The molecule has 1 saturated heterocycles. The molecule has 1 fully saturated rings. The Morgan fingerprint density at radius 3 is 3.00 bits per heavy atom. The second-order valence-electron chi connectivity index (χ2n) is 4.69. The standard InChI is InChI=1S/C14H19ClN2O2/c1-19-13-7-6-10(9-11(13)15)17-14(18)12-5-3-2-4-8-16-12/h6-7,9,12,16H,2-5,8H2,1H3,(H,17,18). The van der Waals surface area contributed by atoms with Gasteiger partial charge in [0.15, 0.2) is 0 Å². The molecule has 104 valence electrons. The van der Waals surface area contributed by atoms with Gasteiger partial charge in [-0.1, -0.05) is 24.4 Å². The molecule has 5 heteroatoms. The Balaban J connectivity index is 1.99. The number of carbonyl (C=O) groups excluding carboxylic acids is 1. The minimum Gasteiger partial charge on any atom is -0.495 e. The van der Waals surface area contributed by atoms with Crippen molar-refractivity contribution in [3.8, 4) is 5.75 Å². The number of nitrogens with one attached hydrogen (secondary N) is 2. The predicted octanol–water partition coefficient (Wildman–Crippen LogP) is 2.82. The minimum atomic E-state index is -0.108. The maximum atomic E-state index is 12.1. The van der Waals surface area contributed by atoms with Gasteiger partial charge in [-0.25, -0.2) is 0 Å². The topological polar surface area (TPSA) is 50.4 Å². The first-order valence-corrected chi connectivity index (χ1v) is 6.96. The van der Waals surface area contributed by atoms with Crippen LogP contribution >= 0.6 is 11.6 Å². The Bertz CT molecular complexity index is 443. The van der Waals surface area contributed by atoms with Crippen molar-refractivity contribution in [3.63, 3.8) is 0 Å². The molecule has 4 nitrogen and oxygen atoms in total. The van der Waals surface area contributed by atoms with E-state index in [0.717, 1.165) is 25.8 Å². The molecule has 1 aromatic rings. The van der Waals surface area contributed by atoms with Crippen LogP contribution in [0.1, 0.15) is 25.7 Å². The Labute approximate surface area is 118 Å². The number of amides is 1. The fraction of sp³-hybridized carbons (Fsp3) is 0.500. The summed E-state index contributed by atoms with van der Waals surface area (Å²) >= 11 is 6.03. The molecule has 0 saturated carbocycles. The number of rotatable bonds is 3. The van der Waals surface area contributed by atoms with Crippen molar-refractivity contribution in [2.45, 2.75) is 31.7 Å². The van der Waals surface area contributed by atoms with Crippen LogP contribution in [0.3, 0.4) is 0 Å². The van der Waals surface area contributed by atoms with Gasteiger partial charge in [-0.3, -0.25) is 4.79 Å². The first kappa shape index (κ1) is 14.2. The molecule has 1 aliphatic rings. The first-order chi connectivity index (χ1) is 9.20. The van der Waals surface area contributed by atoms with Crippen LogP contribution in [0.25, 0.3) is 0 Å². The second kappa shape index (κ2) is 6.78. The van der Waals surface area contributed by atoms with Crippen LogP contribution in [0.15, 0.2) is 18.2 Å². The molecule has 2 N–H and O–H groups in total. The third-order valence-electron chi connectivity index (χ3n) is 3.30. The first-order valence-electron chi connectivity index (χ1n) is 6.58. The lowest BCUT2D eigenvalue weighted by Crippen LogP contribution is -2.39. The Kier molecular flexibility index (Phi) is 5.05. The van der Waals surface area contributed by atoms with Gasteiger partial charge in [0.05, 0.1) is 18.2 Å². The predicted molar refractivity (Wildman–Crippen MR) is 76.9 cm³/mol. The van der Waals surface area contributed by atoms with Gasteiger partial charge >= 0.3 is 0 Å². The number of hydrogen-bond donors (Lipinski definition) is 2. The highest BCUT2D eigenvalue weighted by Gasteiger charge is 2.19. The molecular weight excluding hydrogens is 264 g/mol. The molecule has 1 amide bonds. The van der Waals surface area contributed by atoms with Crippen LogP contribution in [0.2, 0.25) is 5.02 Å². The SMILES string of the molecule is COc1ccc(NC(=O)C2CCCCCN2)cc1Cl. The van der Waals surface area contributed by atoms with Crippen LogP contribution < -0.4 is 15.4 Å². The number of anilines is 1. The van der Waals surface area contributed by atoms with E-state index in [2.05, 4.69) is 10.6 Å². The van der Waals surface area contributed by atoms with Gasteiger partial charge in [-0.15, -0.1) is 0 Å². The summed E-state index contributed by atoms with van der Waals surface area (Å²) in [5.74, 6) is 0.607. The van der Waals surface area contributed by atoms with Crippen LogP contribution in [-0.2, 0) is 4.79 Å². The molecule has 0 radical (unpaired) electrons. The molecule has 0 aliphatic carbocycles. The maximum Gasteiger partial charge on any atom is 0.241 e. The zero-order valence-electron chi connectivity index (χ0n) is 11.0. The van der Waals surface area contributed by atoms with E-state index in [0.29, 0.717) is 16.5 Å². The largest absolute Gasteiger partial charge is 0.495 e.